The van der Waals surface area contributed by atoms with E-state index in [0.29, 0.717) is 24.7 Å². The Kier molecular flexibility index (Phi) is 2.94. The first-order valence-corrected chi connectivity index (χ1v) is 7.69. The number of carbonyl (C=O) groups excluding carboxylic acids is 2. The lowest BCUT2D eigenvalue weighted by molar-refractivity contribution is -0.138. The average Bonchev–Trinajstić information content (AvgIpc) is 3.33. The fourth-order valence-corrected chi connectivity index (χ4v) is 2.60. The highest BCUT2D eigenvalue weighted by atomic mass is 16.2. The Morgan fingerprint density at radius 1 is 1.24 bits per heavy atom. The standard InChI is InChI=1S/C14H19N5O2/c20-13(15-5-9-1-2-9)12-8-19(17-16-12)11-6-18(7-11)14(21)10-3-4-10/h8-11H,1-7H2,(H,15,20). The number of hydrogen-bond donors (Lipinski definition) is 1. The Labute approximate surface area is 122 Å². The third kappa shape index (κ3) is 2.64. The molecule has 2 amide bonds. The van der Waals surface area contributed by atoms with Gasteiger partial charge >= 0.3 is 0 Å². The van der Waals surface area contributed by atoms with Crippen LogP contribution in [0, 0.1) is 11.8 Å². The Morgan fingerprint density at radius 3 is 2.67 bits per heavy atom. The molecule has 1 aliphatic heterocycles. The first kappa shape index (κ1) is 12.8. The van der Waals surface area contributed by atoms with E-state index < -0.39 is 0 Å². The zero-order valence-electron chi connectivity index (χ0n) is 11.9. The molecule has 0 aromatic carbocycles. The molecule has 1 aromatic rings. The van der Waals surface area contributed by atoms with Gasteiger partial charge in [0.05, 0.1) is 12.2 Å². The summed E-state index contributed by atoms with van der Waals surface area (Å²) in [5.74, 6) is 1.04. The first-order valence-electron chi connectivity index (χ1n) is 7.69. The molecular weight excluding hydrogens is 270 g/mol. The van der Waals surface area contributed by atoms with Gasteiger partial charge in [-0.3, -0.25) is 9.59 Å². The zero-order valence-corrected chi connectivity index (χ0v) is 11.9. The van der Waals surface area contributed by atoms with Crippen molar-refractivity contribution in [3.8, 4) is 0 Å². The predicted octanol–water partition coefficient (Wildman–Crippen LogP) is 0.211. The van der Waals surface area contributed by atoms with Gasteiger partial charge in [0.25, 0.3) is 5.91 Å². The monoisotopic (exact) mass is 289 g/mol. The van der Waals surface area contributed by atoms with Gasteiger partial charge in [-0.15, -0.1) is 5.10 Å². The minimum Gasteiger partial charge on any atom is -0.350 e. The molecule has 0 atom stereocenters. The average molecular weight is 289 g/mol. The van der Waals surface area contributed by atoms with E-state index in [2.05, 4.69) is 15.6 Å². The summed E-state index contributed by atoms with van der Waals surface area (Å²) in [4.78, 5) is 25.6. The third-order valence-corrected chi connectivity index (χ3v) is 4.47. The van der Waals surface area contributed by atoms with Crippen LogP contribution in [-0.2, 0) is 4.79 Å². The SMILES string of the molecule is O=C(NCC1CC1)c1cn(C2CN(C(=O)C3CC3)C2)nn1. The number of amides is 2. The van der Waals surface area contributed by atoms with Gasteiger partial charge < -0.3 is 10.2 Å². The van der Waals surface area contributed by atoms with Gasteiger partial charge in [-0.1, -0.05) is 5.21 Å². The van der Waals surface area contributed by atoms with Crippen LogP contribution < -0.4 is 5.32 Å². The maximum Gasteiger partial charge on any atom is 0.273 e. The molecule has 3 fully saturated rings. The second-order valence-corrected chi connectivity index (χ2v) is 6.41. The molecule has 0 spiro atoms. The van der Waals surface area contributed by atoms with E-state index in [-0.39, 0.29) is 23.8 Å². The summed E-state index contributed by atoms with van der Waals surface area (Å²) in [7, 11) is 0. The number of carbonyl (C=O) groups is 2. The van der Waals surface area contributed by atoms with Crippen molar-refractivity contribution in [2.75, 3.05) is 19.6 Å². The van der Waals surface area contributed by atoms with Crippen LogP contribution in [0.25, 0.3) is 0 Å². The summed E-state index contributed by atoms with van der Waals surface area (Å²) in [6, 6.07) is 0.158. The minimum atomic E-state index is -0.154. The third-order valence-electron chi connectivity index (χ3n) is 4.47. The number of rotatable bonds is 5. The molecule has 0 radical (unpaired) electrons. The smallest absolute Gasteiger partial charge is 0.273 e. The van der Waals surface area contributed by atoms with Gasteiger partial charge in [0, 0.05) is 25.6 Å². The molecule has 7 heteroatoms. The summed E-state index contributed by atoms with van der Waals surface area (Å²) in [6.07, 6.45) is 6.18. The number of hydrogen-bond acceptors (Lipinski definition) is 4. The molecule has 2 heterocycles. The van der Waals surface area contributed by atoms with Crippen LogP contribution in [0.4, 0.5) is 0 Å². The van der Waals surface area contributed by atoms with E-state index in [1.165, 1.54) is 12.8 Å². The highest BCUT2D eigenvalue weighted by Crippen LogP contribution is 2.34. The van der Waals surface area contributed by atoms with Crippen LogP contribution in [0.5, 0.6) is 0 Å². The molecule has 1 saturated heterocycles. The van der Waals surface area contributed by atoms with E-state index in [9.17, 15) is 9.59 Å². The van der Waals surface area contributed by atoms with Crippen molar-refractivity contribution >= 4 is 11.8 Å². The lowest BCUT2D eigenvalue weighted by Gasteiger charge is -2.39. The van der Waals surface area contributed by atoms with Crippen molar-refractivity contribution in [2.45, 2.75) is 31.7 Å². The number of aromatic nitrogens is 3. The maximum atomic E-state index is 11.9. The quantitative estimate of drug-likeness (QED) is 0.840. The summed E-state index contributed by atoms with van der Waals surface area (Å²) in [6.45, 7) is 2.10. The van der Waals surface area contributed by atoms with Gasteiger partial charge in [0.1, 0.15) is 0 Å². The topological polar surface area (TPSA) is 80.1 Å². The van der Waals surface area contributed by atoms with E-state index in [4.69, 9.17) is 0 Å². The van der Waals surface area contributed by atoms with Crippen LogP contribution >= 0.6 is 0 Å². The lowest BCUT2D eigenvalue weighted by atomic mass is 10.1. The molecule has 3 aliphatic rings. The van der Waals surface area contributed by atoms with Gasteiger partial charge in [-0.2, -0.15) is 0 Å². The van der Waals surface area contributed by atoms with Crippen LogP contribution in [0.3, 0.4) is 0 Å². The van der Waals surface area contributed by atoms with Crippen molar-refractivity contribution in [2.24, 2.45) is 11.8 Å². The lowest BCUT2D eigenvalue weighted by Crippen LogP contribution is -2.51. The second kappa shape index (κ2) is 4.82. The van der Waals surface area contributed by atoms with Gasteiger partial charge in [0.15, 0.2) is 5.69 Å². The second-order valence-electron chi connectivity index (χ2n) is 6.41. The molecule has 1 N–H and O–H groups in total. The molecule has 21 heavy (non-hydrogen) atoms. The van der Waals surface area contributed by atoms with Crippen LogP contribution in [-0.4, -0.2) is 51.3 Å². The van der Waals surface area contributed by atoms with Gasteiger partial charge in [0.2, 0.25) is 5.91 Å². The Morgan fingerprint density at radius 2 is 2.00 bits per heavy atom. The fourth-order valence-electron chi connectivity index (χ4n) is 2.60. The van der Waals surface area contributed by atoms with Crippen molar-refractivity contribution in [3.63, 3.8) is 0 Å². The first-order chi connectivity index (χ1) is 10.2. The highest BCUT2D eigenvalue weighted by Gasteiger charge is 2.40. The van der Waals surface area contributed by atoms with E-state index in [0.717, 1.165) is 19.4 Å². The minimum absolute atomic E-state index is 0.154. The molecule has 2 saturated carbocycles. The predicted molar refractivity (Wildman–Crippen MR) is 73.4 cm³/mol. The van der Waals surface area contributed by atoms with Crippen molar-refractivity contribution < 1.29 is 9.59 Å². The fraction of sp³-hybridized carbons (Fsp3) is 0.714. The van der Waals surface area contributed by atoms with Gasteiger partial charge in [-0.05, 0) is 31.6 Å². The largest absolute Gasteiger partial charge is 0.350 e. The van der Waals surface area contributed by atoms with Crippen LogP contribution in [0.15, 0.2) is 6.20 Å². The molecule has 0 unspecified atom stereocenters. The van der Waals surface area contributed by atoms with Crippen LogP contribution in [0.2, 0.25) is 0 Å². The van der Waals surface area contributed by atoms with E-state index >= 15 is 0 Å². The maximum absolute atomic E-state index is 11.9. The number of nitrogens with one attached hydrogen (secondary N) is 1. The molecular formula is C14H19N5O2. The van der Waals surface area contributed by atoms with Crippen LogP contribution in [0.1, 0.15) is 42.2 Å². The molecule has 1 aromatic heterocycles. The van der Waals surface area contributed by atoms with E-state index in [1.807, 2.05) is 4.90 Å². The number of nitrogens with zero attached hydrogens (tertiary/aromatic N) is 4. The Bertz CT molecular complexity index is 570. The Balaban J connectivity index is 1.30. The normalized spacial score (nSPS) is 22.0. The summed E-state index contributed by atoms with van der Waals surface area (Å²) in [5, 5.41) is 10.8. The van der Waals surface area contributed by atoms with Crippen molar-refractivity contribution in [1.29, 1.82) is 0 Å². The molecule has 4 rings (SSSR count). The number of likely N-dealkylation sites (tertiary alicyclic amines) is 1. The van der Waals surface area contributed by atoms with Crippen molar-refractivity contribution in [1.82, 2.24) is 25.2 Å². The summed E-state index contributed by atoms with van der Waals surface area (Å²) >= 11 is 0. The zero-order chi connectivity index (χ0) is 14.4. The molecule has 0 bridgehead atoms. The van der Waals surface area contributed by atoms with Crippen molar-refractivity contribution in [3.05, 3.63) is 11.9 Å². The van der Waals surface area contributed by atoms with E-state index in [1.54, 1.807) is 10.9 Å². The molecule has 7 nitrogen and oxygen atoms in total. The highest BCUT2D eigenvalue weighted by molar-refractivity contribution is 5.91. The Hall–Kier alpha value is -1.92. The summed E-state index contributed by atoms with van der Waals surface area (Å²) in [5.41, 5.74) is 0.364. The van der Waals surface area contributed by atoms with Gasteiger partial charge in [-0.25, -0.2) is 4.68 Å². The molecule has 2 aliphatic carbocycles. The molecule has 112 valence electrons. The summed E-state index contributed by atoms with van der Waals surface area (Å²) < 4.78 is 1.71.